The molecule has 9 heteroatoms. The van der Waals surface area contributed by atoms with Gasteiger partial charge in [0.2, 0.25) is 5.82 Å². The molecular weight excluding hydrogens is 386 g/mol. The lowest BCUT2D eigenvalue weighted by atomic mass is 10.1. The predicted molar refractivity (Wildman–Crippen MR) is 108 cm³/mol. The van der Waals surface area contributed by atoms with Gasteiger partial charge in [-0.25, -0.2) is 0 Å². The normalized spacial score (nSPS) is 16.7. The van der Waals surface area contributed by atoms with Crippen molar-refractivity contribution in [3.8, 4) is 17.1 Å². The van der Waals surface area contributed by atoms with Crippen LogP contribution in [0.5, 0.6) is 5.75 Å². The number of aryl methyl sites for hydroxylation is 2. The summed E-state index contributed by atoms with van der Waals surface area (Å²) in [7, 11) is 1.61. The molecule has 1 aromatic carbocycles. The number of methoxy groups -OCH3 is 1. The Morgan fingerprint density at radius 3 is 2.90 bits per heavy atom. The highest BCUT2D eigenvalue weighted by molar-refractivity contribution is 5.96. The second-order valence-corrected chi connectivity index (χ2v) is 7.16. The van der Waals surface area contributed by atoms with Crippen molar-refractivity contribution in [3.05, 3.63) is 47.1 Å². The Bertz CT molecular complexity index is 1060. The van der Waals surface area contributed by atoms with Gasteiger partial charge in [-0.2, -0.15) is 10.1 Å². The topological polar surface area (TPSA) is 95.5 Å². The van der Waals surface area contributed by atoms with Crippen molar-refractivity contribution in [2.24, 2.45) is 0 Å². The van der Waals surface area contributed by atoms with E-state index in [1.54, 1.807) is 12.0 Å². The van der Waals surface area contributed by atoms with E-state index in [0.29, 0.717) is 42.7 Å². The number of carbonyl (C=O) groups is 1. The first-order chi connectivity index (χ1) is 14.5. The van der Waals surface area contributed by atoms with E-state index in [4.69, 9.17) is 14.0 Å². The first kappa shape index (κ1) is 20.1. The van der Waals surface area contributed by atoms with Crippen LogP contribution in [0.1, 0.15) is 40.7 Å². The Balaban J connectivity index is 1.53. The molecule has 158 valence electrons. The van der Waals surface area contributed by atoms with E-state index in [1.807, 2.05) is 49.7 Å². The minimum Gasteiger partial charge on any atom is -0.497 e. The maximum absolute atomic E-state index is 13.2. The van der Waals surface area contributed by atoms with Crippen LogP contribution >= 0.6 is 0 Å². The van der Waals surface area contributed by atoms with Crippen LogP contribution in [0.3, 0.4) is 0 Å². The average molecular weight is 411 g/mol. The van der Waals surface area contributed by atoms with Gasteiger partial charge in [0.25, 0.3) is 11.8 Å². The molecule has 3 heterocycles. The summed E-state index contributed by atoms with van der Waals surface area (Å²) in [5, 5.41) is 8.53. The van der Waals surface area contributed by atoms with Crippen LogP contribution in [-0.2, 0) is 11.3 Å². The smallest absolute Gasteiger partial charge is 0.257 e. The number of benzene rings is 1. The van der Waals surface area contributed by atoms with Crippen LogP contribution in [0.4, 0.5) is 0 Å². The molecule has 0 N–H and O–H groups in total. The second-order valence-electron chi connectivity index (χ2n) is 7.16. The maximum atomic E-state index is 13.2. The number of aromatic nitrogens is 4. The van der Waals surface area contributed by atoms with Gasteiger partial charge in [0.1, 0.15) is 5.75 Å². The number of hydrogen-bond donors (Lipinski definition) is 0. The van der Waals surface area contributed by atoms with Crippen LogP contribution < -0.4 is 4.74 Å². The monoisotopic (exact) mass is 411 g/mol. The lowest BCUT2D eigenvalue weighted by Gasteiger charge is -2.31. The summed E-state index contributed by atoms with van der Waals surface area (Å²) in [5.41, 5.74) is 3.05. The van der Waals surface area contributed by atoms with Crippen LogP contribution in [-0.4, -0.2) is 57.5 Å². The zero-order chi connectivity index (χ0) is 21.3. The maximum Gasteiger partial charge on any atom is 0.257 e. The summed E-state index contributed by atoms with van der Waals surface area (Å²) < 4.78 is 18.4. The Morgan fingerprint density at radius 1 is 1.33 bits per heavy atom. The van der Waals surface area contributed by atoms with Gasteiger partial charge < -0.3 is 18.9 Å². The lowest BCUT2D eigenvalue weighted by Crippen LogP contribution is -2.42. The summed E-state index contributed by atoms with van der Waals surface area (Å²) in [6.07, 6.45) is -0.476. The van der Waals surface area contributed by atoms with Gasteiger partial charge in [0.05, 0.1) is 31.5 Å². The van der Waals surface area contributed by atoms with Crippen molar-refractivity contribution in [2.75, 3.05) is 26.8 Å². The van der Waals surface area contributed by atoms with E-state index < -0.39 is 6.10 Å². The summed E-state index contributed by atoms with van der Waals surface area (Å²) in [4.78, 5) is 19.4. The highest BCUT2D eigenvalue weighted by Crippen LogP contribution is 2.27. The molecule has 2 aromatic heterocycles. The second kappa shape index (κ2) is 8.27. The van der Waals surface area contributed by atoms with Crippen LogP contribution in [0.15, 0.2) is 28.8 Å². The van der Waals surface area contributed by atoms with Gasteiger partial charge in [-0.1, -0.05) is 17.3 Å². The van der Waals surface area contributed by atoms with E-state index >= 15 is 0 Å². The first-order valence-electron chi connectivity index (χ1n) is 9.94. The Kier molecular flexibility index (Phi) is 5.54. The molecule has 0 aliphatic carbocycles. The SMILES string of the molecule is CCn1nc(C)c(C(=O)N2CCOC(c3nc(-c4cccc(OC)c4)no3)C2)c1C. The molecule has 9 nitrogen and oxygen atoms in total. The molecule has 1 aliphatic heterocycles. The predicted octanol–water partition coefficient (Wildman–Crippen LogP) is 2.79. The molecule has 0 bridgehead atoms. The number of hydrogen-bond acceptors (Lipinski definition) is 7. The largest absolute Gasteiger partial charge is 0.497 e. The fourth-order valence-electron chi connectivity index (χ4n) is 3.70. The number of carbonyl (C=O) groups excluding carboxylic acids is 1. The van der Waals surface area contributed by atoms with Crippen LogP contribution in [0, 0.1) is 13.8 Å². The third-order valence-electron chi connectivity index (χ3n) is 5.29. The number of amides is 1. The molecule has 0 radical (unpaired) electrons. The third kappa shape index (κ3) is 3.68. The number of ether oxygens (including phenoxy) is 2. The van der Waals surface area contributed by atoms with Crippen molar-refractivity contribution in [2.45, 2.75) is 33.4 Å². The van der Waals surface area contributed by atoms with Crippen molar-refractivity contribution < 1.29 is 18.8 Å². The zero-order valence-electron chi connectivity index (χ0n) is 17.6. The molecule has 3 aromatic rings. The first-order valence-corrected chi connectivity index (χ1v) is 9.94. The number of rotatable bonds is 5. The minimum atomic E-state index is -0.476. The van der Waals surface area contributed by atoms with Crippen LogP contribution in [0.25, 0.3) is 11.4 Å². The Morgan fingerprint density at radius 2 is 2.17 bits per heavy atom. The van der Waals surface area contributed by atoms with E-state index in [0.717, 1.165) is 23.5 Å². The van der Waals surface area contributed by atoms with Gasteiger partial charge in [-0.05, 0) is 32.9 Å². The number of morpholine rings is 1. The minimum absolute atomic E-state index is 0.0504. The fourth-order valence-corrected chi connectivity index (χ4v) is 3.70. The van der Waals surface area contributed by atoms with Gasteiger partial charge in [-0.15, -0.1) is 0 Å². The van der Waals surface area contributed by atoms with Crippen molar-refractivity contribution in [3.63, 3.8) is 0 Å². The average Bonchev–Trinajstić information content (AvgIpc) is 3.38. The Hall–Kier alpha value is -3.20. The molecule has 0 saturated carbocycles. The van der Waals surface area contributed by atoms with Gasteiger partial charge >= 0.3 is 0 Å². The molecule has 4 rings (SSSR count). The fraction of sp³-hybridized carbons (Fsp3) is 0.429. The molecule has 0 spiro atoms. The summed E-state index contributed by atoms with van der Waals surface area (Å²) in [6.45, 7) is 7.76. The molecule has 1 aliphatic rings. The third-order valence-corrected chi connectivity index (χ3v) is 5.29. The van der Waals surface area contributed by atoms with Gasteiger partial charge in [0.15, 0.2) is 6.10 Å². The number of nitrogens with zero attached hydrogens (tertiary/aromatic N) is 5. The van der Waals surface area contributed by atoms with E-state index in [1.165, 1.54) is 0 Å². The highest BCUT2D eigenvalue weighted by atomic mass is 16.5. The molecule has 1 amide bonds. The molecular formula is C21H25N5O4. The highest BCUT2D eigenvalue weighted by Gasteiger charge is 2.32. The summed E-state index contributed by atoms with van der Waals surface area (Å²) in [5.74, 6) is 1.46. The van der Waals surface area contributed by atoms with Crippen molar-refractivity contribution in [1.82, 2.24) is 24.8 Å². The molecule has 30 heavy (non-hydrogen) atoms. The lowest BCUT2D eigenvalue weighted by molar-refractivity contribution is -0.0367. The van der Waals surface area contributed by atoms with Crippen molar-refractivity contribution in [1.29, 1.82) is 0 Å². The summed E-state index contributed by atoms with van der Waals surface area (Å²) >= 11 is 0. The van der Waals surface area contributed by atoms with E-state index in [2.05, 4.69) is 15.2 Å². The van der Waals surface area contributed by atoms with Gasteiger partial charge in [-0.3, -0.25) is 9.48 Å². The Labute approximate surface area is 174 Å². The molecule has 1 fully saturated rings. The van der Waals surface area contributed by atoms with Crippen LogP contribution in [0.2, 0.25) is 0 Å². The standard InChI is InChI=1S/C21H25N5O4/c1-5-26-14(3)18(13(2)23-26)21(27)25-9-10-29-17(12-25)20-22-19(24-30-20)15-7-6-8-16(11-15)28-4/h6-8,11,17H,5,9-10,12H2,1-4H3. The molecule has 1 atom stereocenters. The quantitative estimate of drug-likeness (QED) is 0.637. The molecule has 1 unspecified atom stereocenters. The zero-order valence-corrected chi connectivity index (χ0v) is 17.6. The van der Waals surface area contributed by atoms with E-state index in [9.17, 15) is 4.79 Å². The molecule has 1 saturated heterocycles. The van der Waals surface area contributed by atoms with Crippen molar-refractivity contribution >= 4 is 5.91 Å². The van der Waals surface area contributed by atoms with Gasteiger partial charge in [0, 0.05) is 24.3 Å². The van der Waals surface area contributed by atoms with E-state index in [-0.39, 0.29) is 5.91 Å². The summed E-state index contributed by atoms with van der Waals surface area (Å²) in [6, 6.07) is 7.43.